The summed E-state index contributed by atoms with van der Waals surface area (Å²) in [6.07, 6.45) is 9.79. The van der Waals surface area contributed by atoms with Gasteiger partial charge in [-0.25, -0.2) is 4.98 Å². The van der Waals surface area contributed by atoms with Crippen LogP contribution in [0.15, 0.2) is 18.6 Å². The van der Waals surface area contributed by atoms with Crippen molar-refractivity contribution >= 4 is 11.7 Å². The quantitative estimate of drug-likeness (QED) is 0.856. The van der Waals surface area contributed by atoms with Gasteiger partial charge >= 0.3 is 0 Å². The van der Waals surface area contributed by atoms with Gasteiger partial charge in [0.1, 0.15) is 5.82 Å². The Labute approximate surface area is 154 Å². The van der Waals surface area contributed by atoms with E-state index >= 15 is 0 Å². The van der Waals surface area contributed by atoms with E-state index < -0.39 is 0 Å². The van der Waals surface area contributed by atoms with Crippen LogP contribution in [0.1, 0.15) is 36.2 Å². The highest BCUT2D eigenvalue weighted by atomic mass is 16.2. The number of hydrogen-bond acceptors (Lipinski definition) is 5. The zero-order valence-electron chi connectivity index (χ0n) is 15.9. The number of carbonyl (C=O) groups excluding carboxylic acids is 1. The van der Waals surface area contributed by atoms with Gasteiger partial charge in [0, 0.05) is 52.2 Å². The first-order valence-electron chi connectivity index (χ1n) is 9.31. The number of amides is 1. The zero-order chi connectivity index (χ0) is 18.5. The first-order valence-corrected chi connectivity index (χ1v) is 9.31. The number of nitrogens with zero attached hydrogens (tertiary/aromatic N) is 5. The maximum atomic E-state index is 12.7. The van der Waals surface area contributed by atoms with Crippen molar-refractivity contribution in [1.82, 2.24) is 24.6 Å². The van der Waals surface area contributed by atoms with Gasteiger partial charge in [-0.1, -0.05) is 0 Å². The molecular formula is C19H28N6O. The normalized spacial score (nSPS) is 17.3. The Hall–Kier alpha value is -2.44. The lowest BCUT2D eigenvalue weighted by Crippen LogP contribution is -2.40. The predicted molar refractivity (Wildman–Crippen MR) is 101 cm³/mol. The average Bonchev–Trinajstić information content (AvgIpc) is 2.97. The van der Waals surface area contributed by atoms with E-state index in [1.54, 1.807) is 12.4 Å². The molecule has 0 aromatic carbocycles. The number of anilines is 1. The van der Waals surface area contributed by atoms with E-state index in [2.05, 4.69) is 20.4 Å². The summed E-state index contributed by atoms with van der Waals surface area (Å²) in [6.45, 7) is 3.67. The highest BCUT2D eigenvalue weighted by molar-refractivity contribution is 5.76. The standard InChI is InChI=1S/C19H28N6O/c1-14-16(13-24(3)23-14)6-7-18(26)25-10-4-5-15(12-25)11-17-19(20-2)22-9-8-21-17/h8-9,13,15H,4-7,10-12H2,1-3H3,(H,20,22)/t15-/m0/s1. The second-order valence-corrected chi connectivity index (χ2v) is 7.07. The van der Waals surface area contributed by atoms with Gasteiger partial charge in [0.2, 0.25) is 5.91 Å². The monoisotopic (exact) mass is 356 g/mol. The molecule has 1 aliphatic heterocycles. The predicted octanol–water partition coefficient (Wildman–Crippen LogP) is 1.97. The van der Waals surface area contributed by atoms with Crippen LogP contribution < -0.4 is 5.32 Å². The van der Waals surface area contributed by atoms with Crippen molar-refractivity contribution in [2.24, 2.45) is 13.0 Å². The molecule has 0 aliphatic carbocycles. The third kappa shape index (κ3) is 4.39. The third-order valence-electron chi connectivity index (χ3n) is 5.09. The Morgan fingerprint density at radius 2 is 2.15 bits per heavy atom. The Bertz CT molecular complexity index is 756. The molecule has 3 heterocycles. The highest BCUT2D eigenvalue weighted by Crippen LogP contribution is 2.23. The van der Waals surface area contributed by atoms with E-state index in [9.17, 15) is 4.79 Å². The number of aromatic nitrogens is 4. The van der Waals surface area contributed by atoms with Gasteiger partial charge < -0.3 is 10.2 Å². The SMILES string of the molecule is CNc1nccnc1C[C@@H]1CCCN(C(=O)CCc2cn(C)nc2C)C1. The summed E-state index contributed by atoms with van der Waals surface area (Å²) in [7, 11) is 3.78. The Morgan fingerprint density at radius 3 is 2.88 bits per heavy atom. The van der Waals surface area contributed by atoms with Crippen molar-refractivity contribution in [3.8, 4) is 0 Å². The van der Waals surface area contributed by atoms with Gasteiger partial charge in [-0.2, -0.15) is 5.10 Å². The summed E-state index contributed by atoms with van der Waals surface area (Å²) in [6, 6.07) is 0. The molecule has 0 radical (unpaired) electrons. The Morgan fingerprint density at radius 1 is 1.35 bits per heavy atom. The van der Waals surface area contributed by atoms with Crippen molar-refractivity contribution < 1.29 is 4.79 Å². The van der Waals surface area contributed by atoms with Gasteiger partial charge in [-0.3, -0.25) is 14.5 Å². The van der Waals surface area contributed by atoms with E-state index in [4.69, 9.17) is 0 Å². The van der Waals surface area contributed by atoms with Crippen molar-refractivity contribution in [3.05, 3.63) is 35.5 Å². The minimum absolute atomic E-state index is 0.242. The topological polar surface area (TPSA) is 75.9 Å². The zero-order valence-corrected chi connectivity index (χ0v) is 15.9. The molecular weight excluding hydrogens is 328 g/mol. The van der Waals surface area contributed by atoms with Crippen LogP contribution in [-0.2, 0) is 24.7 Å². The van der Waals surface area contributed by atoms with Gasteiger partial charge in [0.25, 0.3) is 0 Å². The lowest BCUT2D eigenvalue weighted by Gasteiger charge is -2.33. The van der Waals surface area contributed by atoms with E-state index in [0.29, 0.717) is 12.3 Å². The lowest BCUT2D eigenvalue weighted by molar-refractivity contribution is -0.133. The summed E-state index contributed by atoms with van der Waals surface area (Å²) in [5.41, 5.74) is 3.16. The van der Waals surface area contributed by atoms with Gasteiger partial charge in [0.15, 0.2) is 0 Å². The molecule has 1 aliphatic rings. The van der Waals surface area contributed by atoms with Gasteiger partial charge in [0.05, 0.1) is 11.4 Å². The molecule has 1 atom stereocenters. The van der Waals surface area contributed by atoms with Crippen LogP contribution in [0.5, 0.6) is 0 Å². The molecule has 26 heavy (non-hydrogen) atoms. The molecule has 3 rings (SSSR count). The number of likely N-dealkylation sites (tertiary alicyclic amines) is 1. The van der Waals surface area contributed by atoms with Crippen LogP contribution in [-0.4, -0.2) is 50.7 Å². The Balaban J connectivity index is 1.55. The van der Waals surface area contributed by atoms with Crippen molar-refractivity contribution in [3.63, 3.8) is 0 Å². The minimum Gasteiger partial charge on any atom is -0.372 e. The molecule has 0 unspecified atom stereocenters. The first-order chi connectivity index (χ1) is 12.6. The molecule has 2 aromatic heterocycles. The van der Waals surface area contributed by atoms with Crippen LogP contribution in [0.4, 0.5) is 5.82 Å². The molecule has 7 heteroatoms. The number of piperidine rings is 1. The van der Waals surface area contributed by atoms with E-state index in [0.717, 1.165) is 61.5 Å². The molecule has 2 aromatic rings. The second kappa shape index (κ2) is 8.29. The van der Waals surface area contributed by atoms with Crippen molar-refractivity contribution in [1.29, 1.82) is 0 Å². The lowest BCUT2D eigenvalue weighted by atomic mass is 9.93. The smallest absolute Gasteiger partial charge is 0.222 e. The molecule has 0 saturated carbocycles. The molecule has 0 bridgehead atoms. The van der Waals surface area contributed by atoms with E-state index in [1.165, 1.54) is 0 Å². The molecule has 140 valence electrons. The summed E-state index contributed by atoms with van der Waals surface area (Å²) in [4.78, 5) is 23.5. The fourth-order valence-corrected chi connectivity index (χ4v) is 3.75. The molecule has 1 saturated heterocycles. The van der Waals surface area contributed by atoms with Crippen LogP contribution >= 0.6 is 0 Å². The summed E-state index contributed by atoms with van der Waals surface area (Å²) in [5.74, 6) is 1.52. The Kier molecular flexibility index (Phi) is 5.85. The maximum absolute atomic E-state index is 12.7. The van der Waals surface area contributed by atoms with Gasteiger partial charge in [-0.15, -0.1) is 0 Å². The molecule has 1 fully saturated rings. The fourth-order valence-electron chi connectivity index (χ4n) is 3.75. The number of nitrogens with one attached hydrogen (secondary N) is 1. The minimum atomic E-state index is 0.242. The number of hydrogen-bond donors (Lipinski definition) is 1. The van der Waals surface area contributed by atoms with Gasteiger partial charge in [-0.05, 0) is 44.1 Å². The first kappa shape index (κ1) is 18.4. The summed E-state index contributed by atoms with van der Waals surface area (Å²) in [5, 5.41) is 7.45. The molecule has 1 N–H and O–H groups in total. The third-order valence-corrected chi connectivity index (χ3v) is 5.09. The number of carbonyl (C=O) groups is 1. The maximum Gasteiger partial charge on any atom is 0.222 e. The van der Waals surface area contributed by atoms with Crippen LogP contribution in [0, 0.1) is 12.8 Å². The van der Waals surface area contributed by atoms with Crippen molar-refractivity contribution in [2.45, 2.75) is 39.0 Å². The molecule has 0 spiro atoms. The fraction of sp³-hybridized carbons (Fsp3) is 0.579. The highest BCUT2D eigenvalue weighted by Gasteiger charge is 2.25. The largest absolute Gasteiger partial charge is 0.372 e. The van der Waals surface area contributed by atoms with Crippen LogP contribution in [0.2, 0.25) is 0 Å². The average molecular weight is 356 g/mol. The van der Waals surface area contributed by atoms with Crippen molar-refractivity contribution in [2.75, 3.05) is 25.5 Å². The second-order valence-electron chi connectivity index (χ2n) is 7.07. The van der Waals surface area contributed by atoms with E-state index in [-0.39, 0.29) is 5.91 Å². The van der Waals surface area contributed by atoms with Crippen LogP contribution in [0.25, 0.3) is 0 Å². The van der Waals surface area contributed by atoms with E-state index in [1.807, 2.05) is 36.8 Å². The summed E-state index contributed by atoms with van der Waals surface area (Å²) >= 11 is 0. The number of rotatable bonds is 6. The van der Waals surface area contributed by atoms with Crippen LogP contribution in [0.3, 0.4) is 0 Å². The molecule has 1 amide bonds. The summed E-state index contributed by atoms with van der Waals surface area (Å²) < 4.78 is 1.81. The molecule has 7 nitrogen and oxygen atoms in total. The number of aryl methyl sites for hydroxylation is 3.